The van der Waals surface area contributed by atoms with Crippen molar-refractivity contribution in [2.75, 3.05) is 13.2 Å². The molecular formula is C23H45NO3. The third kappa shape index (κ3) is 19.7. The van der Waals surface area contributed by atoms with E-state index in [1.165, 1.54) is 70.6 Å². The Morgan fingerprint density at radius 2 is 1.26 bits per heavy atom. The van der Waals surface area contributed by atoms with Crippen molar-refractivity contribution in [3.05, 3.63) is 12.2 Å². The molecule has 0 heterocycles. The van der Waals surface area contributed by atoms with Gasteiger partial charge < -0.3 is 15.5 Å². The molecule has 0 radical (unpaired) electrons. The van der Waals surface area contributed by atoms with Crippen LogP contribution >= 0.6 is 0 Å². The minimum atomic E-state index is -0.101. The molecule has 3 N–H and O–H groups in total. The zero-order valence-corrected chi connectivity index (χ0v) is 17.8. The van der Waals surface area contributed by atoms with Gasteiger partial charge in [0.2, 0.25) is 5.91 Å². The number of aliphatic hydroxyl groups excluding tert-OH is 2. The third-order valence-corrected chi connectivity index (χ3v) is 4.99. The van der Waals surface area contributed by atoms with Gasteiger partial charge in [-0.3, -0.25) is 4.79 Å². The monoisotopic (exact) mass is 383 g/mol. The summed E-state index contributed by atoms with van der Waals surface area (Å²) >= 11 is 0. The van der Waals surface area contributed by atoms with Gasteiger partial charge in [-0.25, -0.2) is 0 Å². The van der Waals surface area contributed by atoms with Gasteiger partial charge in [0.15, 0.2) is 0 Å². The molecule has 0 rings (SSSR count). The van der Waals surface area contributed by atoms with Crippen LogP contribution in [0.4, 0.5) is 0 Å². The second kappa shape index (κ2) is 21.4. The maximum Gasteiger partial charge on any atom is 0.220 e. The fourth-order valence-electron chi connectivity index (χ4n) is 3.26. The normalized spacial score (nSPS) is 11.6. The van der Waals surface area contributed by atoms with Crippen LogP contribution in [-0.4, -0.2) is 35.4 Å². The number of allylic oxidation sites excluding steroid dienone is 2. The van der Waals surface area contributed by atoms with Crippen LogP contribution in [0.3, 0.4) is 0 Å². The lowest BCUT2D eigenvalue weighted by Gasteiger charge is -2.16. The predicted molar refractivity (Wildman–Crippen MR) is 115 cm³/mol. The summed E-state index contributed by atoms with van der Waals surface area (Å²) in [5, 5.41) is 20.8. The quantitative estimate of drug-likeness (QED) is 0.198. The molecule has 0 aromatic heterocycles. The predicted octanol–water partition coefficient (Wildman–Crippen LogP) is 5.27. The van der Waals surface area contributed by atoms with Gasteiger partial charge in [-0.1, -0.05) is 70.4 Å². The molecule has 0 saturated carbocycles. The van der Waals surface area contributed by atoms with E-state index in [4.69, 9.17) is 10.2 Å². The fraction of sp³-hybridized carbons (Fsp3) is 0.870. The van der Waals surface area contributed by atoms with Crippen molar-refractivity contribution in [3.63, 3.8) is 0 Å². The highest BCUT2D eigenvalue weighted by molar-refractivity contribution is 5.76. The number of carbonyl (C=O) groups excluding carboxylic acids is 1. The number of rotatable bonds is 20. The smallest absolute Gasteiger partial charge is 0.220 e. The Hall–Kier alpha value is -0.870. The Labute approximate surface area is 167 Å². The molecule has 0 saturated heterocycles. The Morgan fingerprint density at radius 3 is 1.78 bits per heavy atom. The van der Waals surface area contributed by atoms with Gasteiger partial charge in [0.05, 0.1) is 0 Å². The Kier molecular flexibility index (Phi) is 20.7. The summed E-state index contributed by atoms with van der Waals surface area (Å²) in [6.45, 7) is 2.34. The lowest BCUT2D eigenvalue weighted by molar-refractivity contribution is -0.122. The molecular weight excluding hydrogens is 338 g/mol. The van der Waals surface area contributed by atoms with Crippen LogP contribution in [-0.2, 0) is 4.79 Å². The molecule has 0 aliphatic heterocycles. The zero-order valence-electron chi connectivity index (χ0n) is 17.8. The second-order valence-electron chi connectivity index (χ2n) is 7.62. The number of unbranched alkanes of at least 4 members (excludes halogenated alkanes) is 11. The van der Waals surface area contributed by atoms with Crippen molar-refractivity contribution >= 4 is 5.91 Å². The maximum atomic E-state index is 11.9. The molecule has 4 nitrogen and oxygen atoms in total. The summed E-state index contributed by atoms with van der Waals surface area (Å²) in [4.78, 5) is 11.9. The van der Waals surface area contributed by atoms with Crippen molar-refractivity contribution < 1.29 is 15.0 Å². The van der Waals surface area contributed by atoms with Crippen molar-refractivity contribution in [2.24, 2.45) is 0 Å². The van der Waals surface area contributed by atoms with Gasteiger partial charge in [-0.15, -0.1) is 0 Å². The van der Waals surface area contributed by atoms with E-state index in [-0.39, 0.29) is 25.2 Å². The van der Waals surface area contributed by atoms with E-state index in [0.29, 0.717) is 19.3 Å². The van der Waals surface area contributed by atoms with Gasteiger partial charge in [-0.2, -0.15) is 0 Å². The van der Waals surface area contributed by atoms with Crippen molar-refractivity contribution in [1.29, 1.82) is 0 Å². The molecule has 27 heavy (non-hydrogen) atoms. The molecule has 160 valence electrons. The van der Waals surface area contributed by atoms with Crippen LogP contribution in [0.5, 0.6) is 0 Å². The summed E-state index contributed by atoms with van der Waals surface area (Å²) in [5.41, 5.74) is 0. The summed E-state index contributed by atoms with van der Waals surface area (Å²) in [7, 11) is 0. The van der Waals surface area contributed by atoms with Gasteiger partial charge >= 0.3 is 0 Å². The number of nitrogens with one attached hydrogen (secondary N) is 1. The summed E-state index contributed by atoms with van der Waals surface area (Å²) in [6, 6.07) is -0.101. The average Bonchev–Trinajstić information content (AvgIpc) is 2.65. The largest absolute Gasteiger partial charge is 0.396 e. The molecule has 0 atom stereocenters. The Balaban J connectivity index is 3.38. The van der Waals surface area contributed by atoms with Gasteiger partial charge in [-0.05, 0) is 44.9 Å². The van der Waals surface area contributed by atoms with E-state index >= 15 is 0 Å². The zero-order chi connectivity index (χ0) is 20.0. The van der Waals surface area contributed by atoms with Crippen molar-refractivity contribution in [1.82, 2.24) is 5.32 Å². The van der Waals surface area contributed by atoms with E-state index in [9.17, 15) is 4.79 Å². The highest BCUT2D eigenvalue weighted by Crippen LogP contribution is 2.10. The maximum absolute atomic E-state index is 11.9. The van der Waals surface area contributed by atoms with Crippen LogP contribution in [0.1, 0.15) is 110 Å². The lowest BCUT2D eigenvalue weighted by atomic mass is 10.1. The van der Waals surface area contributed by atoms with Crippen LogP contribution < -0.4 is 5.32 Å². The molecule has 0 aromatic rings. The first kappa shape index (κ1) is 26.1. The minimum Gasteiger partial charge on any atom is -0.396 e. The van der Waals surface area contributed by atoms with Gasteiger partial charge in [0, 0.05) is 25.7 Å². The van der Waals surface area contributed by atoms with Crippen molar-refractivity contribution in [3.8, 4) is 0 Å². The number of amides is 1. The number of hydrogen-bond donors (Lipinski definition) is 3. The molecule has 0 aliphatic rings. The SMILES string of the molecule is CCCCCCCC/C=C\CCCCCCCC(=O)NC(CCO)CCO. The first-order valence-corrected chi connectivity index (χ1v) is 11.4. The number of hydrogen-bond acceptors (Lipinski definition) is 3. The lowest BCUT2D eigenvalue weighted by Crippen LogP contribution is -2.36. The second-order valence-corrected chi connectivity index (χ2v) is 7.62. The summed E-state index contributed by atoms with van der Waals surface area (Å²) < 4.78 is 0. The molecule has 0 fully saturated rings. The highest BCUT2D eigenvalue weighted by atomic mass is 16.3. The Bertz CT molecular complexity index is 339. The summed E-state index contributed by atoms with van der Waals surface area (Å²) in [5.74, 6) is 0.0412. The van der Waals surface area contributed by atoms with E-state index < -0.39 is 0 Å². The average molecular weight is 384 g/mol. The summed E-state index contributed by atoms with van der Waals surface area (Å²) in [6.07, 6.45) is 22.6. The highest BCUT2D eigenvalue weighted by Gasteiger charge is 2.10. The third-order valence-electron chi connectivity index (χ3n) is 4.99. The van der Waals surface area contributed by atoms with Gasteiger partial charge in [0.1, 0.15) is 0 Å². The van der Waals surface area contributed by atoms with Gasteiger partial charge in [0.25, 0.3) is 0 Å². The molecule has 4 heteroatoms. The van der Waals surface area contributed by atoms with E-state index in [1.807, 2.05) is 0 Å². The number of carbonyl (C=O) groups is 1. The fourth-order valence-corrected chi connectivity index (χ4v) is 3.26. The minimum absolute atomic E-state index is 0.0400. The van der Waals surface area contributed by atoms with E-state index in [0.717, 1.165) is 12.8 Å². The molecule has 0 aliphatic carbocycles. The molecule has 0 unspecified atom stereocenters. The first-order valence-electron chi connectivity index (χ1n) is 11.4. The number of aliphatic hydroxyl groups is 2. The van der Waals surface area contributed by atoms with Crippen LogP contribution in [0.2, 0.25) is 0 Å². The molecule has 0 aromatic carbocycles. The standard InChI is InChI=1S/C23H45NO3/c1-2-3-4-5-6-7-8-9-10-11-12-13-14-15-16-17-23(27)24-22(18-20-25)19-21-26/h9-10,22,25-26H,2-8,11-21H2,1H3,(H,24,27)/b10-9-. The van der Waals surface area contributed by atoms with Crippen LogP contribution in [0.15, 0.2) is 12.2 Å². The van der Waals surface area contributed by atoms with E-state index in [2.05, 4.69) is 24.4 Å². The molecule has 1 amide bonds. The first-order chi connectivity index (χ1) is 13.2. The molecule has 0 bridgehead atoms. The topological polar surface area (TPSA) is 69.6 Å². The van der Waals surface area contributed by atoms with E-state index in [1.54, 1.807) is 0 Å². The van der Waals surface area contributed by atoms with Crippen molar-refractivity contribution in [2.45, 2.75) is 116 Å². The Morgan fingerprint density at radius 1 is 0.778 bits per heavy atom. The van der Waals surface area contributed by atoms with Crippen LogP contribution in [0.25, 0.3) is 0 Å². The molecule has 0 spiro atoms. The van der Waals surface area contributed by atoms with Crippen LogP contribution in [0, 0.1) is 0 Å².